The number of nitrogens with one attached hydrogen (secondary N) is 2. The quantitative estimate of drug-likeness (QED) is 0.491. The fourth-order valence-electron chi connectivity index (χ4n) is 1.06. The van der Waals surface area contributed by atoms with Gasteiger partial charge in [0.1, 0.15) is 6.04 Å². The third-order valence-electron chi connectivity index (χ3n) is 1.69. The maximum absolute atomic E-state index is 11.1. The molecule has 1 saturated heterocycles. The SMILES string of the molecule is CNC(=O)[C@H]1CN(I)CCN1. The zero-order valence-corrected chi connectivity index (χ0v) is 8.59. The van der Waals surface area contributed by atoms with E-state index in [9.17, 15) is 4.79 Å². The lowest BCUT2D eigenvalue weighted by Crippen LogP contribution is -2.54. The average molecular weight is 269 g/mol. The van der Waals surface area contributed by atoms with Gasteiger partial charge in [0.25, 0.3) is 0 Å². The molecule has 1 aliphatic rings. The lowest BCUT2D eigenvalue weighted by Gasteiger charge is -2.27. The fourth-order valence-corrected chi connectivity index (χ4v) is 1.70. The molecule has 0 aromatic carbocycles. The van der Waals surface area contributed by atoms with E-state index in [0.29, 0.717) is 0 Å². The molecule has 1 heterocycles. The van der Waals surface area contributed by atoms with Crippen molar-refractivity contribution in [1.29, 1.82) is 0 Å². The molecule has 4 nitrogen and oxygen atoms in total. The second-order valence-electron chi connectivity index (χ2n) is 2.49. The first-order chi connectivity index (χ1) is 5.24. The number of piperazine rings is 1. The Morgan fingerprint density at radius 2 is 2.55 bits per heavy atom. The minimum atomic E-state index is -0.0364. The molecular weight excluding hydrogens is 257 g/mol. The highest BCUT2D eigenvalue weighted by Gasteiger charge is 2.22. The molecule has 1 fully saturated rings. The Morgan fingerprint density at radius 3 is 3.09 bits per heavy atom. The third-order valence-corrected chi connectivity index (χ3v) is 2.57. The molecule has 11 heavy (non-hydrogen) atoms. The summed E-state index contributed by atoms with van der Waals surface area (Å²) in [5, 5.41) is 5.77. The molecular formula is C6H12IN3O. The zero-order chi connectivity index (χ0) is 8.27. The number of rotatable bonds is 1. The summed E-state index contributed by atoms with van der Waals surface area (Å²) in [6.45, 7) is 2.69. The van der Waals surface area contributed by atoms with Crippen molar-refractivity contribution in [1.82, 2.24) is 13.7 Å². The minimum absolute atomic E-state index is 0.0364. The number of hydrogen-bond donors (Lipinski definition) is 2. The summed E-state index contributed by atoms with van der Waals surface area (Å²) in [6.07, 6.45) is 0. The van der Waals surface area contributed by atoms with Crippen molar-refractivity contribution in [2.45, 2.75) is 6.04 Å². The second kappa shape index (κ2) is 4.22. The van der Waals surface area contributed by atoms with E-state index >= 15 is 0 Å². The highest BCUT2D eigenvalue weighted by Crippen LogP contribution is 2.04. The van der Waals surface area contributed by atoms with Crippen molar-refractivity contribution in [3.05, 3.63) is 0 Å². The number of hydrogen-bond acceptors (Lipinski definition) is 3. The molecule has 0 aromatic heterocycles. The van der Waals surface area contributed by atoms with Gasteiger partial charge in [0.05, 0.1) is 0 Å². The van der Waals surface area contributed by atoms with Crippen molar-refractivity contribution in [2.75, 3.05) is 26.7 Å². The first-order valence-electron chi connectivity index (χ1n) is 3.59. The topological polar surface area (TPSA) is 44.4 Å². The van der Waals surface area contributed by atoms with E-state index in [4.69, 9.17) is 0 Å². The Bertz CT molecular complexity index is 153. The highest BCUT2D eigenvalue weighted by atomic mass is 127. The largest absolute Gasteiger partial charge is 0.358 e. The van der Waals surface area contributed by atoms with Gasteiger partial charge in [-0.3, -0.25) is 4.79 Å². The Morgan fingerprint density at radius 1 is 1.82 bits per heavy atom. The van der Waals surface area contributed by atoms with Crippen LogP contribution in [0.2, 0.25) is 0 Å². The number of carbonyl (C=O) groups excluding carboxylic acids is 1. The van der Waals surface area contributed by atoms with Gasteiger partial charge in [-0.1, -0.05) is 0 Å². The average Bonchev–Trinajstić information content (AvgIpc) is 2.03. The van der Waals surface area contributed by atoms with Gasteiger partial charge in [-0.15, -0.1) is 0 Å². The van der Waals surface area contributed by atoms with Gasteiger partial charge < -0.3 is 10.6 Å². The summed E-state index contributed by atoms with van der Waals surface area (Å²) in [5.41, 5.74) is 0. The zero-order valence-electron chi connectivity index (χ0n) is 6.43. The molecule has 1 aliphatic heterocycles. The van der Waals surface area contributed by atoms with Crippen LogP contribution in [0, 0.1) is 0 Å². The second-order valence-corrected chi connectivity index (χ2v) is 3.85. The van der Waals surface area contributed by atoms with Gasteiger partial charge in [0.2, 0.25) is 5.91 Å². The first-order valence-corrected chi connectivity index (χ1v) is 4.56. The van der Waals surface area contributed by atoms with Crippen molar-refractivity contribution >= 4 is 28.8 Å². The molecule has 1 rings (SSSR count). The van der Waals surface area contributed by atoms with Crippen molar-refractivity contribution in [3.8, 4) is 0 Å². The molecule has 0 saturated carbocycles. The minimum Gasteiger partial charge on any atom is -0.358 e. The molecule has 0 aromatic rings. The van der Waals surface area contributed by atoms with E-state index in [2.05, 4.69) is 36.6 Å². The lowest BCUT2D eigenvalue weighted by atomic mass is 10.2. The molecule has 0 aliphatic carbocycles. The molecule has 5 heteroatoms. The Labute approximate surface area is 80.2 Å². The normalized spacial score (nSPS) is 26.5. The van der Waals surface area contributed by atoms with E-state index in [1.807, 2.05) is 0 Å². The van der Waals surface area contributed by atoms with Crippen LogP contribution in [0.5, 0.6) is 0 Å². The number of likely N-dealkylation sites (N-methyl/N-ethyl adjacent to an activating group) is 1. The maximum atomic E-state index is 11.1. The number of halogens is 1. The van der Waals surface area contributed by atoms with Crippen LogP contribution in [0.4, 0.5) is 0 Å². The van der Waals surface area contributed by atoms with Gasteiger partial charge in [-0.25, -0.2) is 3.11 Å². The predicted octanol–water partition coefficient (Wildman–Crippen LogP) is -0.644. The van der Waals surface area contributed by atoms with Crippen LogP contribution in [0.25, 0.3) is 0 Å². The number of amides is 1. The van der Waals surface area contributed by atoms with Gasteiger partial charge in [-0.05, 0) is 0 Å². The van der Waals surface area contributed by atoms with Gasteiger partial charge in [-0.2, -0.15) is 0 Å². The third kappa shape index (κ3) is 2.57. The summed E-state index contributed by atoms with van der Waals surface area (Å²) >= 11 is 2.23. The maximum Gasteiger partial charge on any atom is 0.238 e. The van der Waals surface area contributed by atoms with E-state index in [1.54, 1.807) is 7.05 Å². The highest BCUT2D eigenvalue weighted by molar-refractivity contribution is 14.1. The van der Waals surface area contributed by atoms with Crippen LogP contribution >= 0.6 is 22.9 Å². The monoisotopic (exact) mass is 269 g/mol. The van der Waals surface area contributed by atoms with Crippen molar-refractivity contribution in [3.63, 3.8) is 0 Å². The van der Waals surface area contributed by atoms with Crippen LogP contribution in [0.1, 0.15) is 0 Å². The standard InChI is InChI=1S/C6H12IN3O/c1-8-6(11)5-4-10(7)3-2-9-5/h5,9H,2-4H2,1H3,(H,8,11)/t5-/m1/s1. The summed E-state index contributed by atoms with van der Waals surface area (Å²) in [4.78, 5) is 11.1. The number of carbonyl (C=O) groups is 1. The predicted molar refractivity (Wildman–Crippen MR) is 51.5 cm³/mol. The Balaban J connectivity index is 2.39. The van der Waals surface area contributed by atoms with Gasteiger partial charge in [0, 0.05) is 49.5 Å². The molecule has 0 bridgehead atoms. The smallest absolute Gasteiger partial charge is 0.238 e. The van der Waals surface area contributed by atoms with Crippen LogP contribution in [0.3, 0.4) is 0 Å². The molecule has 0 radical (unpaired) electrons. The Kier molecular flexibility index (Phi) is 3.53. The van der Waals surface area contributed by atoms with E-state index in [-0.39, 0.29) is 11.9 Å². The summed E-state index contributed by atoms with van der Waals surface area (Å²) < 4.78 is 2.12. The lowest BCUT2D eigenvalue weighted by molar-refractivity contribution is -0.123. The van der Waals surface area contributed by atoms with Crippen LogP contribution < -0.4 is 10.6 Å². The molecule has 2 N–H and O–H groups in total. The first kappa shape index (κ1) is 9.21. The van der Waals surface area contributed by atoms with E-state index in [0.717, 1.165) is 19.6 Å². The summed E-state index contributed by atoms with van der Waals surface area (Å²) in [6, 6.07) is -0.0364. The van der Waals surface area contributed by atoms with Crippen molar-refractivity contribution < 1.29 is 4.79 Å². The summed E-state index contributed by atoms with van der Waals surface area (Å²) in [5.74, 6) is 0.0753. The fraction of sp³-hybridized carbons (Fsp3) is 0.833. The van der Waals surface area contributed by atoms with Gasteiger partial charge in [0.15, 0.2) is 0 Å². The molecule has 0 spiro atoms. The summed E-state index contributed by atoms with van der Waals surface area (Å²) in [7, 11) is 1.66. The molecule has 0 unspecified atom stereocenters. The van der Waals surface area contributed by atoms with Crippen LogP contribution in [-0.4, -0.2) is 41.7 Å². The van der Waals surface area contributed by atoms with E-state index in [1.165, 1.54) is 0 Å². The van der Waals surface area contributed by atoms with Crippen molar-refractivity contribution in [2.24, 2.45) is 0 Å². The number of nitrogens with zero attached hydrogens (tertiary/aromatic N) is 1. The van der Waals surface area contributed by atoms with Crippen LogP contribution in [0.15, 0.2) is 0 Å². The van der Waals surface area contributed by atoms with Gasteiger partial charge >= 0.3 is 0 Å². The molecule has 1 atom stereocenters. The molecule has 1 amide bonds. The van der Waals surface area contributed by atoms with E-state index < -0.39 is 0 Å². The Hall–Kier alpha value is 0.120. The van der Waals surface area contributed by atoms with Crippen LogP contribution in [-0.2, 0) is 4.79 Å². The molecule has 64 valence electrons.